The molecule has 2 fully saturated rings. The first-order valence-electron chi connectivity index (χ1n) is 11.0. The molecule has 0 atom stereocenters. The molecule has 0 aromatic carbocycles. The Labute approximate surface area is 164 Å². The first kappa shape index (κ1) is 20.2. The molecule has 27 heavy (non-hydrogen) atoms. The molecule has 1 N–H and O–H groups in total. The smallest absolute Gasteiger partial charge is 0.194 e. The summed E-state index contributed by atoms with van der Waals surface area (Å²) >= 11 is 0. The van der Waals surface area contributed by atoms with Crippen LogP contribution >= 0.6 is 0 Å². The van der Waals surface area contributed by atoms with Gasteiger partial charge in [0.05, 0.1) is 0 Å². The number of hydrogen-bond donors (Lipinski definition) is 1. The molecule has 6 heteroatoms. The molecule has 6 nitrogen and oxygen atoms in total. The summed E-state index contributed by atoms with van der Waals surface area (Å²) < 4.78 is 2.04. The Hall–Kier alpha value is -1.59. The summed E-state index contributed by atoms with van der Waals surface area (Å²) in [5.41, 5.74) is 0.517. The Bertz CT molecular complexity index is 612. The molecule has 2 heterocycles. The minimum absolute atomic E-state index is 0.517. The molecule has 0 bridgehead atoms. The fraction of sp³-hybridized carbons (Fsp3) is 0.857. The lowest BCUT2D eigenvalue weighted by Crippen LogP contribution is -2.50. The van der Waals surface area contributed by atoms with Gasteiger partial charge in [-0.1, -0.05) is 39.0 Å². The molecule has 0 radical (unpaired) electrons. The van der Waals surface area contributed by atoms with Crippen LogP contribution in [0.4, 0.5) is 0 Å². The second kappa shape index (κ2) is 9.56. The van der Waals surface area contributed by atoms with Crippen molar-refractivity contribution in [3.63, 3.8) is 0 Å². The molecule has 1 aromatic rings. The van der Waals surface area contributed by atoms with Crippen LogP contribution in [0.5, 0.6) is 0 Å². The van der Waals surface area contributed by atoms with E-state index in [9.17, 15) is 0 Å². The van der Waals surface area contributed by atoms with Crippen LogP contribution in [0, 0.1) is 12.3 Å². The summed E-state index contributed by atoms with van der Waals surface area (Å²) in [6.07, 6.45) is 13.5. The number of rotatable bonds is 5. The topological polar surface area (TPSA) is 58.3 Å². The highest BCUT2D eigenvalue weighted by atomic mass is 15.3. The van der Waals surface area contributed by atoms with E-state index >= 15 is 0 Å². The Morgan fingerprint density at radius 1 is 1.11 bits per heavy atom. The molecule has 2 aliphatic rings. The van der Waals surface area contributed by atoms with Gasteiger partial charge in [0.15, 0.2) is 11.8 Å². The minimum Gasteiger partial charge on any atom is -0.356 e. The van der Waals surface area contributed by atoms with E-state index in [0.29, 0.717) is 12.0 Å². The highest BCUT2D eigenvalue weighted by Crippen LogP contribution is 2.42. The zero-order valence-corrected chi connectivity index (χ0v) is 17.6. The van der Waals surface area contributed by atoms with Crippen LogP contribution in [0.15, 0.2) is 4.99 Å². The zero-order valence-electron chi connectivity index (χ0n) is 17.6. The maximum atomic E-state index is 4.97. The molecule has 1 saturated carbocycles. The lowest BCUT2D eigenvalue weighted by molar-refractivity contribution is 0.115. The van der Waals surface area contributed by atoms with Gasteiger partial charge in [0, 0.05) is 26.7 Å². The Kier molecular flexibility index (Phi) is 7.13. The van der Waals surface area contributed by atoms with E-state index in [4.69, 9.17) is 4.99 Å². The van der Waals surface area contributed by atoms with E-state index in [1.165, 1.54) is 70.8 Å². The first-order valence-corrected chi connectivity index (χ1v) is 11.0. The molecular formula is C21H38N6. The van der Waals surface area contributed by atoms with Crippen LogP contribution in [0.1, 0.15) is 82.8 Å². The van der Waals surface area contributed by atoms with Crippen molar-refractivity contribution in [3.8, 4) is 0 Å². The van der Waals surface area contributed by atoms with Gasteiger partial charge in [0.1, 0.15) is 12.4 Å². The van der Waals surface area contributed by atoms with Gasteiger partial charge in [-0.05, 0) is 44.4 Å². The fourth-order valence-electron chi connectivity index (χ4n) is 4.65. The van der Waals surface area contributed by atoms with Crippen LogP contribution in [-0.4, -0.2) is 45.3 Å². The average Bonchev–Trinajstić information content (AvgIpc) is 2.85. The normalized spacial score (nSPS) is 20.7. The number of guanidine groups is 1. The van der Waals surface area contributed by atoms with E-state index in [1.54, 1.807) is 0 Å². The summed E-state index contributed by atoms with van der Waals surface area (Å²) in [7, 11) is 2.02. The molecule has 3 rings (SSSR count). The van der Waals surface area contributed by atoms with Crippen LogP contribution in [0.3, 0.4) is 0 Å². The van der Waals surface area contributed by atoms with Gasteiger partial charge in [0.25, 0.3) is 0 Å². The average molecular weight is 375 g/mol. The number of aromatic nitrogens is 3. The number of hydrogen-bond acceptors (Lipinski definition) is 3. The van der Waals surface area contributed by atoms with Gasteiger partial charge in [-0.25, -0.2) is 4.99 Å². The van der Waals surface area contributed by atoms with Gasteiger partial charge in [-0.2, -0.15) is 0 Å². The van der Waals surface area contributed by atoms with Crippen molar-refractivity contribution in [2.24, 2.45) is 17.5 Å². The predicted octanol–water partition coefficient (Wildman–Crippen LogP) is 3.81. The second-order valence-electron chi connectivity index (χ2n) is 8.58. The van der Waals surface area contributed by atoms with Crippen molar-refractivity contribution in [3.05, 3.63) is 11.6 Å². The van der Waals surface area contributed by atoms with Crippen molar-refractivity contribution in [2.45, 2.75) is 84.6 Å². The van der Waals surface area contributed by atoms with Crippen LogP contribution < -0.4 is 5.32 Å². The number of likely N-dealkylation sites (tertiary alicyclic amines) is 1. The summed E-state index contributed by atoms with van der Waals surface area (Å²) in [6, 6.07) is 0. The van der Waals surface area contributed by atoms with Gasteiger partial charge in [-0.3, -0.25) is 0 Å². The van der Waals surface area contributed by atoms with Crippen molar-refractivity contribution in [2.75, 3.05) is 19.6 Å². The summed E-state index contributed by atoms with van der Waals surface area (Å²) in [5.74, 6) is 2.95. The number of aliphatic imine (C=N–C) groups is 1. The van der Waals surface area contributed by atoms with Crippen molar-refractivity contribution < 1.29 is 0 Å². The maximum Gasteiger partial charge on any atom is 0.194 e. The van der Waals surface area contributed by atoms with E-state index in [2.05, 4.69) is 27.3 Å². The molecule has 1 aliphatic heterocycles. The SMILES string of the molecule is CCCCNC(=NCc1nnc(C)n1C)N1CCCC2(CCCCCC2)C1. The van der Waals surface area contributed by atoms with Gasteiger partial charge in [-0.15, -0.1) is 10.2 Å². The summed E-state index contributed by atoms with van der Waals surface area (Å²) in [4.78, 5) is 7.51. The lowest BCUT2D eigenvalue weighted by Gasteiger charge is -2.44. The third-order valence-electron chi connectivity index (χ3n) is 6.49. The van der Waals surface area contributed by atoms with Crippen molar-refractivity contribution >= 4 is 5.96 Å². The van der Waals surface area contributed by atoms with Crippen LogP contribution in [0.25, 0.3) is 0 Å². The third-order valence-corrected chi connectivity index (χ3v) is 6.49. The zero-order chi connectivity index (χ0) is 19.1. The molecule has 0 amide bonds. The molecular weight excluding hydrogens is 336 g/mol. The maximum absolute atomic E-state index is 4.97. The second-order valence-corrected chi connectivity index (χ2v) is 8.58. The van der Waals surface area contributed by atoms with Gasteiger partial charge >= 0.3 is 0 Å². The third kappa shape index (κ3) is 5.23. The summed E-state index contributed by atoms with van der Waals surface area (Å²) in [5, 5.41) is 12.1. The number of piperidine rings is 1. The van der Waals surface area contributed by atoms with E-state index in [1.807, 2.05) is 18.5 Å². The fourth-order valence-corrected chi connectivity index (χ4v) is 4.65. The summed E-state index contributed by atoms with van der Waals surface area (Å²) in [6.45, 7) is 8.11. The highest BCUT2D eigenvalue weighted by molar-refractivity contribution is 5.80. The van der Waals surface area contributed by atoms with Gasteiger partial charge < -0.3 is 14.8 Å². The minimum atomic E-state index is 0.517. The Morgan fingerprint density at radius 3 is 2.52 bits per heavy atom. The largest absolute Gasteiger partial charge is 0.356 e. The van der Waals surface area contributed by atoms with Gasteiger partial charge in [0.2, 0.25) is 0 Å². The standard InChI is InChI=1S/C21H38N6/c1-4-5-14-22-20(23-16-19-25-24-18(2)26(19)3)27-15-10-13-21(17-27)11-8-6-7-9-12-21/h4-17H2,1-3H3,(H,22,23). The number of nitrogens with one attached hydrogen (secondary N) is 1. The van der Waals surface area contributed by atoms with Crippen LogP contribution in [0.2, 0.25) is 0 Å². The number of nitrogens with zero attached hydrogens (tertiary/aromatic N) is 5. The molecule has 1 spiro atoms. The van der Waals surface area contributed by atoms with E-state index in [-0.39, 0.29) is 0 Å². The number of aryl methyl sites for hydroxylation is 1. The molecule has 152 valence electrons. The monoisotopic (exact) mass is 374 g/mol. The highest BCUT2D eigenvalue weighted by Gasteiger charge is 2.36. The molecule has 1 aromatic heterocycles. The Morgan fingerprint density at radius 2 is 1.85 bits per heavy atom. The predicted molar refractivity (Wildman–Crippen MR) is 111 cm³/mol. The van der Waals surface area contributed by atoms with Crippen molar-refractivity contribution in [1.29, 1.82) is 0 Å². The first-order chi connectivity index (χ1) is 13.1. The van der Waals surface area contributed by atoms with E-state index < -0.39 is 0 Å². The number of unbranched alkanes of at least 4 members (excludes halogenated alkanes) is 1. The molecule has 1 saturated heterocycles. The Balaban J connectivity index is 1.72. The van der Waals surface area contributed by atoms with Crippen LogP contribution in [-0.2, 0) is 13.6 Å². The van der Waals surface area contributed by atoms with E-state index in [0.717, 1.165) is 30.7 Å². The molecule has 1 aliphatic carbocycles. The van der Waals surface area contributed by atoms with Crippen molar-refractivity contribution in [1.82, 2.24) is 25.0 Å². The molecule has 0 unspecified atom stereocenters. The lowest BCUT2D eigenvalue weighted by atomic mass is 9.74. The quantitative estimate of drug-likeness (QED) is 0.484.